The van der Waals surface area contributed by atoms with Crippen molar-refractivity contribution in [1.82, 2.24) is 24.7 Å². The summed E-state index contributed by atoms with van der Waals surface area (Å²) in [6.45, 7) is 3.74. The van der Waals surface area contributed by atoms with Crippen LogP contribution in [0.3, 0.4) is 0 Å². The SMILES string of the molecule is CCC(Nc1ccc2nnc(-c3cccs3)n2n1)C(=O)N1CCCCC1. The monoisotopic (exact) mass is 370 g/mol. The first-order valence-electron chi connectivity index (χ1n) is 9.08. The van der Waals surface area contributed by atoms with Gasteiger partial charge in [-0.25, -0.2) is 0 Å². The number of hydrogen-bond donors (Lipinski definition) is 1. The lowest BCUT2D eigenvalue weighted by atomic mass is 10.1. The molecule has 7 nitrogen and oxygen atoms in total. The van der Waals surface area contributed by atoms with Gasteiger partial charge in [0, 0.05) is 13.1 Å². The fourth-order valence-electron chi connectivity index (χ4n) is 3.28. The highest BCUT2D eigenvalue weighted by Crippen LogP contribution is 2.23. The first-order valence-corrected chi connectivity index (χ1v) is 9.96. The lowest BCUT2D eigenvalue weighted by Crippen LogP contribution is -2.45. The third-order valence-corrected chi connectivity index (χ3v) is 5.57. The Morgan fingerprint density at radius 3 is 2.81 bits per heavy atom. The van der Waals surface area contributed by atoms with Crippen molar-refractivity contribution in [2.75, 3.05) is 18.4 Å². The summed E-state index contributed by atoms with van der Waals surface area (Å²) in [7, 11) is 0. The largest absolute Gasteiger partial charge is 0.357 e. The van der Waals surface area contributed by atoms with Crippen molar-refractivity contribution in [2.45, 2.75) is 38.6 Å². The van der Waals surface area contributed by atoms with Gasteiger partial charge in [0.05, 0.1) is 4.88 Å². The average Bonchev–Trinajstić information content (AvgIpc) is 3.35. The normalized spacial score (nSPS) is 16.0. The molecule has 1 unspecified atom stereocenters. The molecule has 0 aliphatic carbocycles. The first-order chi connectivity index (χ1) is 12.8. The molecule has 1 saturated heterocycles. The van der Waals surface area contributed by atoms with Crippen LogP contribution in [0.25, 0.3) is 16.3 Å². The Morgan fingerprint density at radius 1 is 1.23 bits per heavy atom. The molecule has 1 N–H and O–H groups in total. The van der Waals surface area contributed by atoms with Gasteiger partial charge in [-0.3, -0.25) is 4.79 Å². The van der Waals surface area contributed by atoms with Crippen molar-refractivity contribution in [3.8, 4) is 10.7 Å². The maximum Gasteiger partial charge on any atom is 0.245 e. The summed E-state index contributed by atoms with van der Waals surface area (Å²) in [6.07, 6.45) is 4.12. The van der Waals surface area contributed by atoms with Crippen molar-refractivity contribution in [3.63, 3.8) is 0 Å². The second-order valence-electron chi connectivity index (χ2n) is 6.48. The Bertz CT molecular complexity index is 884. The summed E-state index contributed by atoms with van der Waals surface area (Å²) in [6, 6.07) is 7.44. The van der Waals surface area contributed by atoms with E-state index >= 15 is 0 Å². The van der Waals surface area contributed by atoms with E-state index in [1.807, 2.05) is 41.5 Å². The summed E-state index contributed by atoms with van der Waals surface area (Å²) < 4.78 is 1.73. The fraction of sp³-hybridized carbons (Fsp3) is 0.444. The number of rotatable bonds is 5. The first kappa shape index (κ1) is 17.0. The molecule has 1 aliphatic rings. The molecule has 3 aromatic rings. The number of nitrogens with one attached hydrogen (secondary N) is 1. The van der Waals surface area contributed by atoms with Crippen molar-refractivity contribution in [2.24, 2.45) is 0 Å². The molecule has 1 aliphatic heterocycles. The third kappa shape index (κ3) is 3.29. The topological polar surface area (TPSA) is 75.4 Å². The van der Waals surface area contributed by atoms with Gasteiger partial charge < -0.3 is 10.2 Å². The molecular formula is C18H22N6OS. The molecule has 0 bridgehead atoms. The van der Waals surface area contributed by atoms with Crippen LogP contribution < -0.4 is 5.32 Å². The number of likely N-dealkylation sites (tertiary alicyclic amines) is 1. The number of fused-ring (bicyclic) bond motifs is 1. The molecule has 0 saturated carbocycles. The summed E-state index contributed by atoms with van der Waals surface area (Å²) in [4.78, 5) is 15.8. The van der Waals surface area contributed by atoms with E-state index in [-0.39, 0.29) is 11.9 Å². The van der Waals surface area contributed by atoms with Crippen molar-refractivity contribution < 1.29 is 4.79 Å². The number of nitrogens with zero attached hydrogens (tertiary/aromatic N) is 5. The van der Waals surface area contributed by atoms with Gasteiger partial charge in [-0.2, -0.15) is 4.52 Å². The number of amides is 1. The molecule has 0 spiro atoms. The Labute approximate surface area is 156 Å². The van der Waals surface area contributed by atoms with E-state index in [0.29, 0.717) is 17.3 Å². The van der Waals surface area contributed by atoms with Crippen LogP contribution in [-0.2, 0) is 4.79 Å². The van der Waals surface area contributed by atoms with Gasteiger partial charge in [-0.05, 0) is 49.3 Å². The number of anilines is 1. The quantitative estimate of drug-likeness (QED) is 0.747. The summed E-state index contributed by atoms with van der Waals surface area (Å²) in [5.74, 6) is 1.54. The van der Waals surface area contributed by atoms with Crippen LogP contribution in [0.15, 0.2) is 29.6 Å². The van der Waals surface area contributed by atoms with E-state index in [1.165, 1.54) is 6.42 Å². The minimum Gasteiger partial charge on any atom is -0.357 e. The molecular weight excluding hydrogens is 348 g/mol. The highest BCUT2D eigenvalue weighted by Gasteiger charge is 2.24. The Morgan fingerprint density at radius 2 is 2.08 bits per heavy atom. The predicted molar refractivity (Wildman–Crippen MR) is 102 cm³/mol. The molecule has 1 fully saturated rings. The van der Waals surface area contributed by atoms with Crippen LogP contribution in [-0.4, -0.2) is 49.7 Å². The molecule has 1 amide bonds. The molecule has 0 radical (unpaired) electrons. The van der Waals surface area contributed by atoms with Crippen molar-refractivity contribution in [3.05, 3.63) is 29.6 Å². The van der Waals surface area contributed by atoms with E-state index in [1.54, 1.807) is 15.9 Å². The van der Waals surface area contributed by atoms with Gasteiger partial charge in [-0.1, -0.05) is 13.0 Å². The van der Waals surface area contributed by atoms with E-state index in [9.17, 15) is 4.79 Å². The lowest BCUT2D eigenvalue weighted by molar-refractivity contribution is -0.133. The smallest absolute Gasteiger partial charge is 0.245 e. The second kappa shape index (κ2) is 7.41. The van der Waals surface area contributed by atoms with Crippen LogP contribution >= 0.6 is 11.3 Å². The zero-order chi connectivity index (χ0) is 17.9. The van der Waals surface area contributed by atoms with Crippen molar-refractivity contribution >= 4 is 28.7 Å². The highest BCUT2D eigenvalue weighted by molar-refractivity contribution is 7.13. The maximum atomic E-state index is 12.8. The molecule has 26 heavy (non-hydrogen) atoms. The minimum atomic E-state index is -0.264. The van der Waals surface area contributed by atoms with Gasteiger partial charge in [0.1, 0.15) is 11.9 Å². The molecule has 4 rings (SSSR count). The number of piperidine rings is 1. The van der Waals surface area contributed by atoms with Gasteiger partial charge in [0.2, 0.25) is 5.91 Å². The standard InChI is InChI=1S/C18H22N6OS/c1-2-13(18(25)23-10-4-3-5-11-23)19-15-8-9-16-20-21-17(24(16)22-15)14-7-6-12-26-14/h6-9,12-13H,2-5,10-11H2,1H3,(H,19,22). The van der Waals surface area contributed by atoms with Gasteiger partial charge >= 0.3 is 0 Å². The maximum absolute atomic E-state index is 12.8. The number of carbonyl (C=O) groups excluding carboxylic acids is 1. The summed E-state index contributed by atoms with van der Waals surface area (Å²) in [5.41, 5.74) is 0.689. The predicted octanol–water partition coefficient (Wildman–Crippen LogP) is 3.06. The summed E-state index contributed by atoms with van der Waals surface area (Å²) in [5, 5.41) is 18.4. The molecule has 8 heteroatoms. The third-order valence-electron chi connectivity index (χ3n) is 4.70. The molecule has 1 atom stereocenters. The van der Waals surface area contributed by atoms with Crippen LogP contribution in [0.2, 0.25) is 0 Å². The zero-order valence-electron chi connectivity index (χ0n) is 14.8. The highest BCUT2D eigenvalue weighted by atomic mass is 32.1. The van der Waals surface area contributed by atoms with E-state index in [2.05, 4.69) is 20.6 Å². The van der Waals surface area contributed by atoms with E-state index in [0.717, 1.165) is 37.2 Å². The number of aromatic nitrogens is 4. The molecule has 4 heterocycles. The Hall–Kier alpha value is -2.48. The zero-order valence-corrected chi connectivity index (χ0v) is 15.6. The number of thiophene rings is 1. The molecule has 0 aromatic carbocycles. The van der Waals surface area contributed by atoms with Crippen LogP contribution in [0.1, 0.15) is 32.6 Å². The van der Waals surface area contributed by atoms with Gasteiger partial charge in [-0.15, -0.1) is 26.6 Å². The second-order valence-corrected chi connectivity index (χ2v) is 7.43. The van der Waals surface area contributed by atoms with Crippen molar-refractivity contribution in [1.29, 1.82) is 0 Å². The molecule has 136 valence electrons. The van der Waals surface area contributed by atoms with Crippen LogP contribution in [0.5, 0.6) is 0 Å². The van der Waals surface area contributed by atoms with E-state index < -0.39 is 0 Å². The van der Waals surface area contributed by atoms with E-state index in [4.69, 9.17) is 0 Å². The minimum absolute atomic E-state index is 0.163. The van der Waals surface area contributed by atoms with Crippen LogP contribution in [0, 0.1) is 0 Å². The molecule has 3 aromatic heterocycles. The summed E-state index contributed by atoms with van der Waals surface area (Å²) >= 11 is 1.60. The Kier molecular flexibility index (Phi) is 4.83. The van der Waals surface area contributed by atoms with Gasteiger partial charge in [0.25, 0.3) is 0 Å². The van der Waals surface area contributed by atoms with Gasteiger partial charge in [0.15, 0.2) is 11.5 Å². The fourth-order valence-corrected chi connectivity index (χ4v) is 3.97. The lowest BCUT2D eigenvalue weighted by Gasteiger charge is -2.30. The Balaban J connectivity index is 1.57. The van der Waals surface area contributed by atoms with Crippen LogP contribution in [0.4, 0.5) is 5.82 Å². The number of carbonyl (C=O) groups is 1. The number of hydrogen-bond acceptors (Lipinski definition) is 6. The average molecular weight is 370 g/mol.